The number of aryl methyl sites for hydroxylation is 2. The number of sulfonamides is 1. The van der Waals surface area contributed by atoms with Gasteiger partial charge in [0.2, 0.25) is 5.91 Å². The number of aromatic nitrogens is 2. The Labute approximate surface area is 130 Å². The fourth-order valence-corrected chi connectivity index (χ4v) is 3.45. The lowest BCUT2D eigenvalue weighted by atomic mass is 10.2. The fraction of sp³-hybridized carbons (Fsp3) is 0.692. The summed E-state index contributed by atoms with van der Waals surface area (Å²) in [7, 11) is -1.93. The molecule has 2 N–H and O–H groups in total. The van der Waals surface area contributed by atoms with E-state index >= 15 is 0 Å². The third-order valence-corrected chi connectivity index (χ3v) is 5.15. The zero-order chi connectivity index (χ0) is 16.3. The first-order valence-corrected chi connectivity index (χ1v) is 8.79. The second kappa shape index (κ2) is 6.76. The number of hydrogen-bond donors (Lipinski definition) is 2. The molecule has 1 atom stereocenters. The van der Waals surface area contributed by atoms with E-state index in [0.29, 0.717) is 12.4 Å². The van der Waals surface area contributed by atoms with Gasteiger partial charge in [-0.1, -0.05) is 0 Å². The molecule has 2 heterocycles. The van der Waals surface area contributed by atoms with Gasteiger partial charge in [0.1, 0.15) is 5.82 Å². The molecule has 1 saturated heterocycles. The Hall–Kier alpha value is -1.45. The summed E-state index contributed by atoms with van der Waals surface area (Å²) in [6.07, 6.45) is 1.60. The zero-order valence-corrected chi connectivity index (χ0v) is 14.0. The van der Waals surface area contributed by atoms with E-state index in [-0.39, 0.29) is 29.9 Å². The van der Waals surface area contributed by atoms with Gasteiger partial charge in [-0.3, -0.25) is 4.79 Å². The van der Waals surface area contributed by atoms with Crippen molar-refractivity contribution in [2.75, 3.05) is 26.2 Å². The van der Waals surface area contributed by atoms with Gasteiger partial charge in [-0.2, -0.15) is 0 Å². The van der Waals surface area contributed by atoms with E-state index in [2.05, 4.69) is 15.0 Å². The van der Waals surface area contributed by atoms with Crippen LogP contribution in [-0.2, 0) is 21.9 Å². The van der Waals surface area contributed by atoms with Gasteiger partial charge in [-0.05, 0) is 13.8 Å². The van der Waals surface area contributed by atoms with Crippen LogP contribution in [0.1, 0.15) is 19.2 Å². The molecule has 124 valence electrons. The van der Waals surface area contributed by atoms with Gasteiger partial charge >= 0.3 is 0 Å². The molecular formula is C13H23N5O3S. The monoisotopic (exact) mass is 329 g/mol. The molecule has 1 aliphatic rings. The lowest BCUT2D eigenvalue weighted by molar-refractivity contribution is -0.133. The topological polar surface area (TPSA) is 96.3 Å². The van der Waals surface area contributed by atoms with Crippen molar-refractivity contribution in [1.29, 1.82) is 0 Å². The summed E-state index contributed by atoms with van der Waals surface area (Å²) in [6, 6.07) is 0.135. The molecule has 0 radical (unpaired) electrons. The van der Waals surface area contributed by atoms with Gasteiger partial charge < -0.3 is 14.8 Å². The van der Waals surface area contributed by atoms with Crippen molar-refractivity contribution in [3.8, 4) is 0 Å². The van der Waals surface area contributed by atoms with E-state index in [1.54, 1.807) is 23.4 Å². The van der Waals surface area contributed by atoms with E-state index in [1.165, 1.54) is 6.20 Å². The summed E-state index contributed by atoms with van der Waals surface area (Å²) in [5, 5.41) is 3.19. The molecule has 1 aliphatic heterocycles. The van der Waals surface area contributed by atoms with E-state index < -0.39 is 10.0 Å². The van der Waals surface area contributed by atoms with E-state index in [0.717, 1.165) is 13.1 Å². The smallest absolute Gasteiger partial charge is 0.259 e. The highest BCUT2D eigenvalue weighted by molar-refractivity contribution is 7.89. The summed E-state index contributed by atoms with van der Waals surface area (Å²) in [5.74, 6) is 0.583. The van der Waals surface area contributed by atoms with E-state index in [9.17, 15) is 13.2 Å². The highest BCUT2D eigenvalue weighted by Gasteiger charge is 2.23. The van der Waals surface area contributed by atoms with Crippen molar-refractivity contribution in [2.45, 2.75) is 31.3 Å². The SMILES string of the molecule is Cc1nc(S(=O)(=O)NCCC(=O)N2CCNCC2C)cn1C. The van der Waals surface area contributed by atoms with Crippen LogP contribution in [0.4, 0.5) is 0 Å². The molecule has 0 aliphatic carbocycles. The minimum absolute atomic E-state index is 0.0181. The van der Waals surface area contributed by atoms with Crippen LogP contribution in [0.15, 0.2) is 11.2 Å². The summed E-state index contributed by atoms with van der Waals surface area (Å²) >= 11 is 0. The minimum Gasteiger partial charge on any atom is -0.337 e. The maximum Gasteiger partial charge on any atom is 0.259 e. The van der Waals surface area contributed by atoms with Gasteiger partial charge in [0.05, 0.1) is 0 Å². The maximum absolute atomic E-state index is 12.1. The Morgan fingerprint density at radius 1 is 1.55 bits per heavy atom. The van der Waals surface area contributed by atoms with Crippen LogP contribution in [-0.4, -0.2) is 61.0 Å². The number of piperazine rings is 1. The molecule has 1 unspecified atom stereocenters. The van der Waals surface area contributed by atoms with E-state index in [4.69, 9.17) is 0 Å². The number of rotatable bonds is 5. The van der Waals surface area contributed by atoms with Gasteiger partial charge in [-0.25, -0.2) is 18.1 Å². The third kappa shape index (κ3) is 3.84. The van der Waals surface area contributed by atoms with Crippen LogP contribution in [0.5, 0.6) is 0 Å². The van der Waals surface area contributed by atoms with Gasteiger partial charge in [0.25, 0.3) is 10.0 Å². The number of hydrogen-bond acceptors (Lipinski definition) is 5. The summed E-state index contributed by atoms with van der Waals surface area (Å²) in [6.45, 7) is 5.98. The van der Waals surface area contributed by atoms with Crippen molar-refractivity contribution in [3.05, 3.63) is 12.0 Å². The Kier molecular flexibility index (Phi) is 5.20. The normalized spacial score (nSPS) is 19.4. The molecule has 0 saturated carbocycles. The number of carbonyl (C=O) groups is 1. The Bertz CT molecular complexity index is 621. The highest BCUT2D eigenvalue weighted by Crippen LogP contribution is 2.08. The quantitative estimate of drug-likeness (QED) is 0.738. The average Bonchev–Trinajstić information content (AvgIpc) is 2.80. The summed E-state index contributed by atoms with van der Waals surface area (Å²) in [5.41, 5.74) is 0. The Morgan fingerprint density at radius 2 is 2.27 bits per heavy atom. The molecule has 1 amide bonds. The van der Waals surface area contributed by atoms with Crippen LogP contribution >= 0.6 is 0 Å². The summed E-state index contributed by atoms with van der Waals surface area (Å²) < 4.78 is 28.3. The summed E-state index contributed by atoms with van der Waals surface area (Å²) in [4.78, 5) is 17.9. The molecule has 9 heteroatoms. The van der Waals surface area contributed by atoms with Crippen molar-refractivity contribution in [2.24, 2.45) is 7.05 Å². The number of nitrogens with zero attached hydrogens (tertiary/aromatic N) is 3. The van der Waals surface area contributed by atoms with Crippen molar-refractivity contribution in [1.82, 2.24) is 24.5 Å². The predicted molar refractivity (Wildman–Crippen MR) is 81.8 cm³/mol. The predicted octanol–water partition coefficient (Wildman–Crippen LogP) is -0.783. The third-order valence-electron chi connectivity index (χ3n) is 3.81. The first kappa shape index (κ1) is 16.9. The zero-order valence-electron chi connectivity index (χ0n) is 13.2. The van der Waals surface area contributed by atoms with E-state index in [1.807, 2.05) is 6.92 Å². The standard InChI is InChI=1S/C13H23N5O3S/c1-10-8-14-6-7-18(10)13(19)4-5-15-22(20,21)12-9-17(3)11(2)16-12/h9-10,14-15H,4-8H2,1-3H3. The average molecular weight is 329 g/mol. The van der Waals surface area contributed by atoms with Crippen LogP contribution < -0.4 is 10.0 Å². The van der Waals surface area contributed by atoms with Crippen molar-refractivity contribution < 1.29 is 13.2 Å². The van der Waals surface area contributed by atoms with Crippen molar-refractivity contribution >= 4 is 15.9 Å². The number of imidazole rings is 1. The molecule has 8 nitrogen and oxygen atoms in total. The molecule has 1 aromatic rings. The van der Waals surface area contributed by atoms with Crippen molar-refractivity contribution in [3.63, 3.8) is 0 Å². The Balaban J connectivity index is 1.88. The van der Waals surface area contributed by atoms with Crippen LogP contribution in [0.3, 0.4) is 0 Å². The molecular weight excluding hydrogens is 306 g/mol. The van der Waals surface area contributed by atoms with Gasteiger partial charge in [0.15, 0.2) is 5.03 Å². The van der Waals surface area contributed by atoms with Gasteiger partial charge in [-0.15, -0.1) is 0 Å². The van der Waals surface area contributed by atoms with Crippen LogP contribution in [0.25, 0.3) is 0 Å². The molecule has 0 bridgehead atoms. The molecule has 22 heavy (non-hydrogen) atoms. The molecule has 2 rings (SSSR count). The molecule has 0 aromatic carbocycles. The number of amides is 1. The number of carbonyl (C=O) groups excluding carboxylic acids is 1. The number of nitrogens with one attached hydrogen (secondary N) is 2. The first-order valence-electron chi connectivity index (χ1n) is 7.31. The molecule has 1 aromatic heterocycles. The van der Waals surface area contributed by atoms with Crippen LogP contribution in [0, 0.1) is 6.92 Å². The highest BCUT2D eigenvalue weighted by atomic mass is 32.2. The molecule has 1 fully saturated rings. The Morgan fingerprint density at radius 3 is 2.86 bits per heavy atom. The van der Waals surface area contributed by atoms with Gasteiger partial charge in [0, 0.05) is 51.9 Å². The second-order valence-electron chi connectivity index (χ2n) is 5.53. The molecule has 0 spiro atoms. The lowest BCUT2D eigenvalue weighted by Gasteiger charge is -2.34. The minimum atomic E-state index is -3.67. The lowest BCUT2D eigenvalue weighted by Crippen LogP contribution is -2.52. The fourth-order valence-electron chi connectivity index (χ4n) is 2.38. The van der Waals surface area contributed by atoms with Crippen LogP contribution in [0.2, 0.25) is 0 Å². The first-order chi connectivity index (χ1) is 10.3. The second-order valence-corrected chi connectivity index (χ2v) is 7.24. The maximum atomic E-state index is 12.1. The largest absolute Gasteiger partial charge is 0.337 e.